The predicted octanol–water partition coefficient (Wildman–Crippen LogP) is 5.97. The van der Waals surface area contributed by atoms with Gasteiger partial charge in [0.05, 0.1) is 12.7 Å². The first-order chi connectivity index (χ1) is 13.2. The molecule has 0 saturated heterocycles. The van der Waals surface area contributed by atoms with Crippen molar-refractivity contribution >= 4 is 38.9 Å². The van der Waals surface area contributed by atoms with Crippen molar-refractivity contribution < 1.29 is 9.15 Å². The number of oxazole rings is 1. The highest BCUT2D eigenvalue weighted by atomic mass is 32.1. The summed E-state index contributed by atoms with van der Waals surface area (Å²) in [5.41, 5.74) is 9.99. The molecule has 5 rings (SSSR count). The fraction of sp³-hybridized carbons (Fsp3) is 0.0455. The molecule has 0 fully saturated rings. The number of fused-ring (bicyclic) bond motifs is 2. The second-order valence-electron chi connectivity index (χ2n) is 6.31. The second kappa shape index (κ2) is 6.14. The molecule has 0 amide bonds. The van der Waals surface area contributed by atoms with Gasteiger partial charge in [-0.1, -0.05) is 24.3 Å². The first-order valence-electron chi connectivity index (χ1n) is 8.54. The Morgan fingerprint density at radius 2 is 1.93 bits per heavy atom. The molecule has 0 spiro atoms. The molecule has 4 nitrogen and oxygen atoms in total. The van der Waals surface area contributed by atoms with Gasteiger partial charge in [0.2, 0.25) is 5.89 Å². The van der Waals surface area contributed by atoms with Crippen LogP contribution in [0, 0.1) is 0 Å². The minimum Gasteiger partial charge on any atom is -0.496 e. The van der Waals surface area contributed by atoms with E-state index in [9.17, 15) is 0 Å². The molecule has 0 atom stereocenters. The summed E-state index contributed by atoms with van der Waals surface area (Å²) in [5.74, 6) is 1.18. The number of thiophene rings is 1. The largest absolute Gasteiger partial charge is 0.496 e. The van der Waals surface area contributed by atoms with Crippen molar-refractivity contribution in [1.29, 1.82) is 0 Å². The third kappa shape index (κ3) is 2.64. The van der Waals surface area contributed by atoms with Crippen molar-refractivity contribution in [3.8, 4) is 27.6 Å². The Morgan fingerprint density at radius 3 is 2.81 bits per heavy atom. The van der Waals surface area contributed by atoms with Crippen LogP contribution in [-0.2, 0) is 0 Å². The van der Waals surface area contributed by atoms with E-state index in [1.165, 1.54) is 15.6 Å². The summed E-state index contributed by atoms with van der Waals surface area (Å²) >= 11 is 1.74. The number of anilines is 1. The Hall–Kier alpha value is -3.31. The van der Waals surface area contributed by atoms with E-state index >= 15 is 0 Å². The van der Waals surface area contributed by atoms with Crippen LogP contribution in [0.15, 0.2) is 70.5 Å². The Kier molecular flexibility index (Phi) is 3.62. The maximum atomic E-state index is 5.97. The second-order valence-corrected chi connectivity index (χ2v) is 7.19. The quantitative estimate of drug-likeness (QED) is 0.397. The Labute approximate surface area is 159 Å². The molecule has 5 heteroatoms. The first kappa shape index (κ1) is 15.9. The summed E-state index contributed by atoms with van der Waals surface area (Å²) in [4.78, 5) is 5.92. The van der Waals surface area contributed by atoms with Crippen LogP contribution >= 0.6 is 11.3 Å². The average Bonchev–Trinajstić information content (AvgIpc) is 3.31. The predicted molar refractivity (Wildman–Crippen MR) is 111 cm³/mol. The standard InChI is InChI=1S/C22H16N2O2S/c1-25-19-9-7-15(23)11-17(19)22-24-18-10-13(6-8-20(18)26-22)21-16-5-3-2-4-14(16)12-27-21/h2-12H,23H2,1H3. The zero-order chi connectivity index (χ0) is 18.4. The van der Waals surface area contributed by atoms with Crippen LogP contribution in [0.25, 0.3) is 43.8 Å². The van der Waals surface area contributed by atoms with Gasteiger partial charge in [-0.25, -0.2) is 4.98 Å². The lowest BCUT2D eigenvalue weighted by molar-refractivity contribution is 0.415. The maximum Gasteiger partial charge on any atom is 0.231 e. The van der Waals surface area contributed by atoms with Crippen molar-refractivity contribution in [2.24, 2.45) is 0 Å². The number of hydrogen-bond acceptors (Lipinski definition) is 5. The number of hydrogen-bond donors (Lipinski definition) is 1. The van der Waals surface area contributed by atoms with Gasteiger partial charge in [0.1, 0.15) is 11.3 Å². The van der Waals surface area contributed by atoms with Gasteiger partial charge in [-0.2, -0.15) is 0 Å². The molecule has 0 aliphatic heterocycles. The van der Waals surface area contributed by atoms with Crippen LogP contribution in [-0.4, -0.2) is 12.1 Å². The average molecular weight is 372 g/mol. The number of ether oxygens (including phenoxy) is 1. The van der Waals surface area contributed by atoms with Gasteiger partial charge < -0.3 is 14.9 Å². The highest BCUT2D eigenvalue weighted by Crippen LogP contribution is 2.38. The first-order valence-corrected chi connectivity index (χ1v) is 9.42. The van der Waals surface area contributed by atoms with E-state index in [4.69, 9.17) is 14.9 Å². The van der Waals surface area contributed by atoms with Crippen LogP contribution in [0.3, 0.4) is 0 Å². The third-order valence-corrected chi connectivity index (χ3v) is 5.68. The van der Waals surface area contributed by atoms with Gasteiger partial charge in [0.15, 0.2) is 5.58 Å². The SMILES string of the molecule is COc1ccc(N)cc1-c1nc2cc(-c3scc4ccccc34)ccc2o1. The van der Waals surface area contributed by atoms with Gasteiger partial charge in [-0.15, -0.1) is 11.3 Å². The van der Waals surface area contributed by atoms with Gasteiger partial charge in [0.25, 0.3) is 0 Å². The Balaban J connectivity index is 1.65. The number of aromatic nitrogens is 1. The molecule has 0 saturated carbocycles. The minimum absolute atomic E-state index is 0.502. The number of nitrogen functional groups attached to an aromatic ring is 1. The molecule has 0 aliphatic rings. The molecule has 0 unspecified atom stereocenters. The highest BCUT2D eigenvalue weighted by Gasteiger charge is 2.15. The van der Waals surface area contributed by atoms with E-state index < -0.39 is 0 Å². The molecule has 0 aliphatic carbocycles. The van der Waals surface area contributed by atoms with Gasteiger partial charge >= 0.3 is 0 Å². The molecular formula is C22H16N2O2S. The summed E-state index contributed by atoms with van der Waals surface area (Å²) in [6.45, 7) is 0. The molecule has 2 N–H and O–H groups in total. The van der Waals surface area contributed by atoms with Crippen LogP contribution in [0.2, 0.25) is 0 Å². The summed E-state index contributed by atoms with van der Waals surface area (Å²) < 4.78 is 11.4. The summed E-state index contributed by atoms with van der Waals surface area (Å²) in [5, 5.41) is 4.69. The van der Waals surface area contributed by atoms with E-state index in [0.29, 0.717) is 17.3 Å². The van der Waals surface area contributed by atoms with E-state index in [1.807, 2.05) is 18.2 Å². The molecule has 2 aromatic heterocycles. The van der Waals surface area contributed by atoms with Crippen LogP contribution in [0.1, 0.15) is 0 Å². The lowest BCUT2D eigenvalue weighted by atomic mass is 10.1. The Morgan fingerprint density at radius 1 is 1.04 bits per heavy atom. The van der Waals surface area contributed by atoms with Crippen molar-refractivity contribution in [3.05, 3.63) is 66.0 Å². The van der Waals surface area contributed by atoms with Crippen molar-refractivity contribution in [3.63, 3.8) is 0 Å². The topological polar surface area (TPSA) is 61.3 Å². The molecular weight excluding hydrogens is 356 g/mol. The van der Waals surface area contributed by atoms with Crippen molar-refractivity contribution in [2.75, 3.05) is 12.8 Å². The lowest BCUT2D eigenvalue weighted by Gasteiger charge is -2.05. The smallest absolute Gasteiger partial charge is 0.231 e. The lowest BCUT2D eigenvalue weighted by Crippen LogP contribution is -1.91. The molecule has 2 heterocycles. The highest BCUT2D eigenvalue weighted by molar-refractivity contribution is 7.15. The van der Waals surface area contributed by atoms with Crippen LogP contribution in [0.4, 0.5) is 5.69 Å². The maximum absolute atomic E-state index is 5.97. The third-order valence-electron chi connectivity index (χ3n) is 4.61. The number of nitrogens with two attached hydrogens (primary N) is 1. The molecule has 5 aromatic rings. The van der Waals surface area contributed by atoms with E-state index in [0.717, 1.165) is 22.2 Å². The number of benzene rings is 3. The number of methoxy groups -OCH3 is 1. The van der Waals surface area contributed by atoms with Crippen LogP contribution < -0.4 is 10.5 Å². The normalized spacial score (nSPS) is 11.3. The van der Waals surface area contributed by atoms with Crippen molar-refractivity contribution in [1.82, 2.24) is 4.98 Å². The molecule has 3 aromatic carbocycles. The molecule has 0 bridgehead atoms. The number of nitrogens with zero attached hydrogens (tertiary/aromatic N) is 1. The van der Waals surface area contributed by atoms with Crippen molar-refractivity contribution in [2.45, 2.75) is 0 Å². The minimum atomic E-state index is 0.502. The summed E-state index contributed by atoms with van der Waals surface area (Å²) in [6.07, 6.45) is 0. The fourth-order valence-corrected chi connectivity index (χ4v) is 4.32. The van der Waals surface area contributed by atoms with E-state index in [-0.39, 0.29) is 0 Å². The molecule has 27 heavy (non-hydrogen) atoms. The molecule has 132 valence electrons. The van der Waals surface area contributed by atoms with Crippen LogP contribution in [0.5, 0.6) is 5.75 Å². The van der Waals surface area contributed by atoms with Gasteiger partial charge in [-0.3, -0.25) is 0 Å². The zero-order valence-electron chi connectivity index (χ0n) is 14.6. The van der Waals surface area contributed by atoms with Gasteiger partial charge in [0, 0.05) is 16.0 Å². The van der Waals surface area contributed by atoms with E-state index in [1.54, 1.807) is 24.5 Å². The monoisotopic (exact) mass is 372 g/mol. The van der Waals surface area contributed by atoms with E-state index in [2.05, 4.69) is 46.8 Å². The molecule has 0 radical (unpaired) electrons. The van der Waals surface area contributed by atoms with Gasteiger partial charge in [-0.05, 0) is 52.7 Å². The summed E-state index contributed by atoms with van der Waals surface area (Å²) in [7, 11) is 1.62. The zero-order valence-corrected chi connectivity index (χ0v) is 15.4. The number of rotatable bonds is 3. The fourth-order valence-electron chi connectivity index (χ4n) is 3.29. The summed E-state index contributed by atoms with van der Waals surface area (Å²) in [6, 6.07) is 20.0. The Bertz CT molecular complexity index is 1290.